The molecule has 41 heavy (non-hydrogen) atoms. The summed E-state index contributed by atoms with van der Waals surface area (Å²) in [4.78, 5) is 28.7. The molecule has 0 heterocycles. The molecule has 0 aromatic heterocycles. The van der Waals surface area contributed by atoms with Gasteiger partial charge in [-0.2, -0.15) is 0 Å². The molecule has 0 unspecified atom stereocenters. The van der Waals surface area contributed by atoms with Gasteiger partial charge in [0.25, 0.3) is 10.0 Å². The van der Waals surface area contributed by atoms with Gasteiger partial charge >= 0.3 is 0 Å². The van der Waals surface area contributed by atoms with Gasteiger partial charge in [0.1, 0.15) is 18.3 Å². The van der Waals surface area contributed by atoms with Crippen LogP contribution < -0.4 is 14.4 Å². The summed E-state index contributed by atoms with van der Waals surface area (Å²) in [5.41, 5.74) is 3.98. The van der Waals surface area contributed by atoms with Crippen molar-refractivity contribution in [2.45, 2.75) is 71.5 Å². The Bertz CT molecular complexity index is 1450. The van der Waals surface area contributed by atoms with E-state index in [1.54, 1.807) is 62.6 Å². The molecule has 2 atom stereocenters. The zero-order valence-corrected chi connectivity index (χ0v) is 25.8. The van der Waals surface area contributed by atoms with Crippen molar-refractivity contribution in [2.75, 3.05) is 18.0 Å². The number of amides is 2. The SMILES string of the molecule is CC[C@H](C)NC(=O)[C@@H](C)N(Cc1ccc(OC)cc1)C(=O)CN(c1ccc(C)c(C)c1)S(=O)(=O)c1ccc(C)cc1. The monoisotopic (exact) mass is 579 g/mol. The molecule has 0 saturated heterocycles. The number of nitrogens with zero attached hydrogens (tertiary/aromatic N) is 2. The van der Waals surface area contributed by atoms with Crippen LogP contribution >= 0.6 is 0 Å². The Balaban J connectivity index is 2.04. The minimum atomic E-state index is -4.11. The molecule has 0 bridgehead atoms. The Morgan fingerprint density at radius 1 is 0.902 bits per heavy atom. The molecular formula is C32H41N3O5S. The molecule has 220 valence electrons. The lowest BCUT2D eigenvalue weighted by Gasteiger charge is -2.32. The molecule has 1 N–H and O–H groups in total. The van der Waals surface area contributed by atoms with E-state index in [1.165, 1.54) is 4.90 Å². The van der Waals surface area contributed by atoms with Gasteiger partial charge < -0.3 is 15.0 Å². The van der Waals surface area contributed by atoms with Gasteiger partial charge in [-0.15, -0.1) is 0 Å². The van der Waals surface area contributed by atoms with Crippen LogP contribution in [-0.4, -0.2) is 50.9 Å². The lowest BCUT2D eigenvalue weighted by molar-refractivity contribution is -0.139. The van der Waals surface area contributed by atoms with E-state index in [4.69, 9.17) is 4.74 Å². The first-order valence-corrected chi connectivity index (χ1v) is 15.2. The smallest absolute Gasteiger partial charge is 0.264 e. The molecule has 3 aromatic carbocycles. The van der Waals surface area contributed by atoms with Gasteiger partial charge in [0, 0.05) is 12.6 Å². The minimum absolute atomic E-state index is 0.0724. The number of ether oxygens (including phenoxy) is 1. The second-order valence-corrected chi connectivity index (χ2v) is 12.3. The second kappa shape index (κ2) is 13.7. The minimum Gasteiger partial charge on any atom is -0.497 e. The summed E-state index contributed by atoms with van der Waals surface area (Å²) in [6.07, 6.45) is 0.736. The zero-order valence-electron chi connectivity index (χ0n) is 25.0. The van der Waals surface area contributed by atoms with E-state index in [2.05, 4.69) is 5.32 Å². The Morgan fingerprint density at radius 2 is 1.54 bits per heavy atom. The molecule has 9 heteroatoms. The number of rotatable bonds is 12. The fourth-order valence-electron chi connectivity index (χ4n) is 4.22. The molecule has 0 aliphatic heterocycles. The fourth-order valence-corrected chi connectivity index (χ4v) is 5.63. The quantitative estimate of drug-likeness (QED) is 0.320. The van der Waals surface area contributed by atoms with E-state index in [0.29, 0.717) is 11.4 Å². The van der Waals surface area contributed by atoms with Gasteiger partial charge in [-0.25, -0.2) is 8.42 Å². The summed E-state index contributed by atoms with van der Waals surface area (Å²) in [5.74, 6) is -0.138. The maximum atomic E-state index is 14.1. The first-order chi connectivity index (χ1) is 19.4. The lowest BCUT2D eigenvalue weighted by atomic mass is 10.1. The number of methoxy groups -OCH3 is 1. The Labute approximate surface area is 244 Å². The molecule has 0 aliphatic carbocycles. The number of carbonyl (C=O) groups excluding carboxylic acids is 2. The zero-order chi connectivity index (χ0) is 30.3. The number of sulfonamides is 1. The summed E-state index contributed by atoms with van der Waals surface area (Å²) in [5, 5.41) is 2.94. The molecule has 8 nitrogen and oxygen atoms in total. The van der Waals surface area contributed by atoms with Gasteiger partial charge in [-0.1, -0.05) is 42.8 Å². The Hall–Kier alpha value is -3.85. The lowest BCUT2D eigenvalue weighted by Crippen LogP contribution is -2.52. The van der Waals surface area contributed by atoms with Crippen LogP contribution in [0, 0.1) is 20.8 Å². The van der Waals surface area contributed by atoms with Crippen molar-refractivity contribution in [1.29, 1.82) is 0 Å². The highest BCUT2D eigenvalue weighted by molar-refractivity contribution is 7.92. The standard InChI is InChI=1S/C32H41N3O5S/c1-8-25(5)33-32(37)26(6)34(20-27-12-15-29(40-7)16-13-27)31(36)21-35(28-14-11-23(3)24(4)19-28)41(38,39)30-17-9-22(2)10-18-30/h9-19,25-26H,8,20-21H2,1-7H3,(H,33,37)/t25-,26+/m0/s1. The molecule has 2 amide bonds. The molecular weight excluding hydrogens is 538 g/mol. The van der Waals surface area contributed by atoms with Crippen LogP contribution in [0.1, 0.15) is 49.4 Å². The number of anilines is 1. The normalized spacial score (nSPS) is 12.8. The average Bonchev–Trinajstić information content (AvgIpc) is 2.96. The predicted molar refractivity (Wildman–Crippen MR) is 163 cm³/mol. The topological polar surface area (TPSA) is 96.0 Å². The van der Waals surface area contributed by atoms with Crippen molar-refractivity contribution < 1.29 is 22.7 Å². The number of nitrogens with one attached hydrogen (secondary N) is 1. The average molecular weight is 580 g/mol. The van der Waals surface area contributed by atoms with Crippen LogP contribution in [0.4, 0.5) is 5.69 Å². The fraction of sp³-hybridized carbons (Fsp3) is 0.375. The van der Waals surface area contributed by atoms with E-state index >= 15 is 0 Å². The Morgan fingerprint density at radius 3 is 2.10 bits per heavy atom. The molecule has 3 rings (SSSR count). The van der Waals surface area contributed by atoms with E-state index in [9.17, 15) is 18.0 Å². The Kier molecular flexibility index (Phi) is 10.6. The molecule has 0 saturated carbocycles. The number of hydrogen-bond donors (Lipinski definition) is 1. The summed E-state index contributed by atoms with van der Waals surface area (Å²) in [6, 6.07) is 18.1. The first-order valence-electron chi connectivity index (χ1n) is 13.8. The maximum absolute atomic E-state index is 14.1. The summed E-state index contributed by atoms with van der Waals surface area (Å²) >= 11 is 0. The van der Waals surface area contributed by atoms with Gasteiger partial charge in [0.05, 0.1) is 17.7 Å². The molecule has 0 fully saturated rings. The summed E-state index contributed by atoms with van der Waals surface area (Å²) in [6.45, 7) is 10.9. The number of carbonyl (C=O) groups is 2. The number of aryl methyl sites for hydroxylation is 3. The van der Waals surface area contributed by atoms with Crippen LogP contribution in [0.2, 0.25) is 0 Å². The van der Waals surface area contributed by atoms with Crippen molar-refractivity contribution in [3.8, 4) is 5.75 Å². The van der Waals surface area contributed by atoms with Crippen LogP contribution in [0.15, 0.2) is 71.6 Å². The van der Waals surface area contributed by atoms with Gasteiger partial charge in [0.2, 0.25) is 11.8 Å². The van der Waals surface area contributed by atoms with E-state index < -0.39 is 28.5 Å². The highest BCUT2D eigenvalue weighted by Gasteiger charge is 2.33. The largest absolute Gasteiger partial charge is 0.497 e. The maximum Gasteiger partial charge on any atom is 0.264 e. The van der Waals surface area contributed by atoms with E-state index in [0.717, 1.165) is 33.0 Å². The second-order valence-electron chi connectivity index (χ2n) is 10.5. The molecule has 0 aliphatic rings. The summed E-state index contributed by atoms with van der Waals surface area (Å²) in [7, 11) is -2.54. The van der Waals surface area contributed by atoms with Crippen molar-refractivity contribution in [2.24, 2.45) is 0 Å². The third kappa shape index (κ3) is 7.88. The molecule has 0 spiro atoms. The third-order valence-electron chi connectivity index (χ3n) is 7.35. The van der Waals surface area contributed by atoms with Crippen LogP contribution in [0.5, 0.6) is 5.75 Å². The van der Waals surface area contributed by atoms with Crippen molar-refractivity contribution in [3.63, 3.8) is 0 Å². The number of hydrogen-bond acceptors (Lipinski definition) is 5. The first kappa shape index (κ1) is 31.7. The van der Waals surface area contributed by atoms with Crippen molar-refractivity contribution in [3.05, 3.63) is 89.0 Å². The van der Waals surface area contributed by atoms with Gasteiger partial charge in [-0.3, -0.25) is 13.9 Å². The number of benzene rings is 3. The van der Waals surface area contributed by atoms with Crippen LogP contribution in [0.3, 0.4) is 0 Å². The van der Waals surface area contributed by atoms with E-state index in [1.807, 2.05) is 52.8 Å². The summed E-state index contributed by atoms with van der Waals surface area (Å²) < 4.78 is 34.3. The highest BCUT2D eigenvalue weighted by Crippen LogP contribution is 2.27. The molecule has 0 radical (unpaired) electrons. The van der Waals surface area contributed by atoms with Gasteiger partial charge in [0.15, 0.2) is 0 Å². The van der Waals surface area contributed by atoms with Crippen LogP contribution in [-0.2, 0) is 26.2 Å². The predicted octanol–water partition coefficient (Wildman–Crippen LogP) is 5.15. The highest BCUT2D eigenvalue weighted by atomic mass is 32.2. The van der Waals surface area contributed by atoms with Crippen LogP contribution in [0.25, 0.3) is 0 Å². The van der Waals surface area contributed by atoms with Crippen molar-refractivity contribution in [1.82, 2.24) is 10.2 Å². The van der Waals surface area contributed by atoms with Crippen molar-refractivity contribution >= 4 is 27.5 Å². The van der Waals surface area contributed by atoms with Gasteiger partial charge in [-0.05, 0) is 94.1 Å². The molecule has 3 aromatic rings. The third-order valence-corrected chi connectivity index (χ3v) is 9.13. The van der Waals surface area contributed by atoms with E-state index in [-0.39, 0.29) is 23.4 Å².